The molecule has 0 aliphatic heterocycles. The van der Waals surface area contributed by atoms with E-state index in [2.05, 4.69) is 22.6 Å². The van der Waals surface area contributed by atoms with Crippen LogP contribution >= 0.6 is 0 Å². The van der Waals surface area contributed by atoms with E-state index in [-0.39, 0.29) is 0 Å². The van der Waals surface area contributed by atoms with Crippen molar-refractivity contribution in [1.82, 2.24) is 15.5 Å². The second-order valence-corrected chi connectivity index (χ2v) is 7.53. The van der Waals surface area contributed by atoms with Crippen molar-refractivity contribution in [2.75, 3.05) is 13.1 Å². The van der Waals surface area contributed by atoms with Gasteiger partial charge in [0.2, 0.25) is 5.91 Å². The van der Waals surface area contributed by atoms with Crippen LogP contribution in [0.5, 0.6) is 0 Å². The molecule has 160 valence electrons. The molecule has 0 aromatic heterocycles. The molecule has 7 heteroatoms. The van der Waals surface area contributed by atoms with Crippen LogP contribution in [0, 0.1) is 24.8 Å². The van der Waals surface area contributed by atoms with E-state index in [1.54, 1.807) is 45.0 Å². The lowest BCUT2D eigenvalue weighted by molar-refractivity contribution is -0.136. The molecular formula is C23H29N3O4. The smallest absolute Gasteiger partial charge is 0.408 e. The van der Waals surface area contributed by atoms with Crippen LogP contribution in [0.25, 0.3) is 0 Å². The van der Waals surface area contributed by atoms with Crippen LogP contribution in [0.3, 0.4) is 0 Å². The van der Waals surface area contributed by atoms with Crippen molar-refractivity contribution >= 4 is 17.9 Å². The molecule has 0 bridgehead atoms. The minimum Gasteiger partial charge on any atom is -0.444 e. The van der Waals surface area contributed by atoms with Gasteiger partial charge in [-0.2, -0.15) is 0 Å². The number of carbonyl (C=O) groups is 3. The third-order valence-electron chi connectivity index (χ3n) is 3.94. The molecule has 1 atom stereocenters. The number of ether oxygens (including phenoxy) is 1. The van der Waals surface area contributed by atoms with Gasteiger partial charge in [0.25, 0.3) is 5.91 Å². The zero-order valence-electron chi connectivity index (χ0n) is 18.0. The fourth-order valence-electron chi connectivity index (χ4n) is 2.59. The predicted octanol–water partition coefficient (Wildman–Crippen LogP) is 2.57. The number of benzene rings is 1. The number of nitrogens with zero attached hydrogens (tertiary/aromatic N) is 1. The zero-order chi connectivity index (χ0) is 22.7. The Morgan fingerprint density at radius 1 is 1.17 bits per heavy atom. The Balaban J connectivity index is 3.12. The molecule has 7 nitrogen and oxygen atoms in total. The van der Waals surface area contributed by atoms with Gasteiger partial charge in [-0.05, 0) is 33.3 Å². The third kappa shape index (κ3) is 7.52. The van der Waals surface area contributed by atoms with Gasteiger partial charge >= 0.3 is 6.09 Å². The van der Waals surface area contributed by atoms with E-state index in [0.29, 0.717) is 17.7 Å². The van der Waals surface area contributed by atoms with Crippen LogP contribution in [0.4, 0.5) is 4.79 Å². The first-order valence-corrected chi connectivity index (χ1v) is 9.73. The van der Waals surface area contributed by atoms with E-state index in [1.165, 1.54) is 0 Å². The standard InChI is InChI=1S/C23H29N3O4/c1-7-10-15-24-21(28)20(18-14-12-11-13-17(18)8-2)26(9-3)19(27)16-25-22(29)30-23(4,5)6/h2-3,11-14,20H,7,10,15-16H2,1,4-6H3,(H,24,28)(H,25,29). The highest BCUT2D eigenvalue weighted by Gasteiger charge is 2.32. The normalized spacial score (nSPS) is 11.4. The van der Waals surface area contributed by atoms with Crippen molar-refractivity contribution in [2.24, 2.45) is 0 Å². The number of hydrogen-bond donors (Lipinski definition) is 2. The summed E-state index contributed by atoms with van der Waals surface area (Å²) in [6.45, 7) is 7.11. The van der Waals surface area contributed by atoms with E-state index in [9.17, 15) is 14.4 Å². The topological polar surface area (TPSA) is 87.7 Å². The van der Waals surface area contributed by atoms with Crippen molar-refractivity contribution in [2.45, 2.75) is 52.2 Å². The quantitative estimate of drug-likeness (QED) is 0.391. The molecule has 30 heavy (non-hydrogen) atoms. The fourth-order valence-corrected chi connectivity index (χ4v) is 2.59. The molecule has 0 heterocycles. The lowest BCUT2D eigenvalue weighted by Crippen LogP contribution is -2.46. The Bertz CT molecular complexity index is 843. The summed E-state index contributed by atoms with van der Waals surface area (Å²) >= 11 is 0. The Morgan fingerprint density at radius 3 is 2.40 bits per heavy atom. The minimum atomic E-state index is -1.13. The Hall–Kier alpha value is -3.45. The van der Waals surface area contributed by atoms with Gasteiger partial charge < -0.3 is 15.4 Å². The molecule has 0 aliphatic rings. The lowest BCUT2D eigenvalue weighted by Gasteiger charge is -2.27. The van der Waals surface area contributed by atoms with Crippen LogP contribution in [-0.2, 0) is 14.3 Å². The first-order chi connectivity index (χ1) is 14.1. The van der Waals surface area contributed by atoms with Gasteiger partial charge in [-0.25, -0.2) is 4.79 Å². The summed E-state index contributed by atoms with van der Waals surface area (Å²) in [5.41, 5.74) is 0.158. The number of terminal acetylenes is 2. The van der Waals surface area contributed by atoms with E-state index in [4.69, 9.17) is 17.6 Å². The molecule has 3 amide bonds. The van der Waals surface area contributed by atoms with Gasteiger partial charge in [-0.3, -0.25) is 14.5 Å². The van der Waals surface area contributed by atoms with Crippen molar-refractivity contribution in [1.29, 1.82) is 0 Å². The molecule has 0 radical (unpaired) electrons. The number of amides is 3. The van der Waals surface area contributed by atoms with E-state index >= 15 is 0 Å². The van der Waals surface area contributed by atoms with E-state index < -0.39 is 36.1 Å². The molecule has 1 unspecified atom stereocenters. The molecule has 2 N–H and O–H groups in total. The van der Waals surface area contributed by atoms with Crippen LogP contribution in [0.1, 0.15) is 57.7 Å². The Morgan fingerprint density at radius 2 is 1.83 bits per heavy atom. The summed E-state index contributed by atoms with van der Waals surface area (Å²) in [5.74, 6) is 1.42. The highest BCUT2D eigenvalue weighted by atomic mass is 16.6. The largest absolute Gasteiger partial charge is 0.444 e. The molecule has 0 saturated carbocycles. The maximum absolute atomic E-state index is 12.9. The number of nitrogens with one attached hydrogen (secondary N) is 2. The zero-order valence-corrected chi connectivity index (χ0v) is 18.0. The van der Waals surface area contributed by atoms with Gasteiger partial charge in [0.15, 0.2) is 0 Å². The lowest BCUT2D eigenvalue weighted by atomic mass is 9.98. The van der Waals surface area contributed by atoms with Crippen LogP contribution < -0.4 is 10.6 Å². The number of carbonyl (C=O) groups excluding carboxylic acids is 3. The summed E-state index contributed by atoms with van der Waals surface area (Å²) in [7, 11) is 0. The van der Waals surface area contributed by atoms with Gasteiger partial charge in [-0.15, -0.1) is 6.42 Å². The SMILES string of the molecule is C#Cc1ccccc1C(C(=O)NCCCC)N(C#C)C(=O)CNC(=O)OC(C)(C)C. The van der Waals surface area contributed by atoms with Crippen molar-refractivity contribution in [3.63, 3.8) is 0 Å². The van der Waals surface area contributed by atoms with Gasteiger partial charge in [0.1, 0.15) is 18.2 Å². The molecule has 1 aromatic rings. The summed E-state index contributed by atoms with van der Waals surface area (Å²) in [5, 5.41) is 5.15. The van der Waals surface area contributed by atoms with Gasteiger partial charge in [-0.1, -0.05) is 43.9 Å². The first kappa shape index (κ1) is 24.6. The second kappa shape index (κ2) is 11.5. The highest BCUT2D eigenvalue weighted by molar-refractivity contribution is 5.92. The third-order valence-corrected chi connectivity index (χ3v) is 3.94. The van der Waals surface area contributed by atoms with Crippen molar-refractivity contribution in [3.05, 3.63) is 35.4 Å². The maximum atomic E-state index is 12.9. The minimum absolute atomic E-state index is 0.428. The monoisotopic (exact) mass is 411 g/mol. The molecule has 1 rings (SSSR count). The molecule has 0 aliphatic carbocycles. The molecule has 0 fully saturated rings. The summed E-state index contributed by atoms with van der Waals surface area (Å²) < 4.78 is 5.12. The van der Waals surface area contributed by atoms with Crippen LogP contribution in [-0.4, -0.2) is 41.5 Å². The van der Waals surface area contributed by atoms with Gasteiger partial charge in [0.05, 0.1) is 0 Å². The van der Waals surface area contributed by atoms with Crippen molar-refractivity contribution < 1.29 is 19.1 Å². The number of alkyl carbamates (subject to hydrolysis) is 1. The van der Waals surface area contributed by atoms with Crippen LogP contribution in [0.2, 0.25) is 0 Å². The van der Waals surface area contributed by atoms with E-state index in [1.807, 2.05) is 6.92 Å². The average Bonchev–Trinajstić information content (AvgIpc) is 2.69. The molecule has 0 saturated heterocycles. The van der Waals surface area contributed by atoms with Crippen LogP contribution in [0.15, 0.2) is 24.3 Å². The molecular weight excluding hydrogens is 382 g/mol. The second-order valence-electron chi connectivity index (χ2n) is 7.53. The van der Waals surface area contributed by atoms with E-state index in [0.717, 1.165) is 17.7 Å². The maximum Gasteiger partial charge on any atom is 0.408 e. The number of hydrogen-bond acceptors (Lipinski definition) is 4. The molecule has 1 aromatic carbocycles. The van der Waals surface area contributed by atoms with Crippen molar-refractivity contribution in [3.8, 4) is 24.8 Å². The number of rotatable bonds is 8. The fraction of sp³-hybridized carbons (Fsp3) is 0.435. The predicted molar refractivity (Wildman–Crippen MR) is 115 cm³/mol. The Labute approximate surface area is 178 Å². The Kier molecular flexibility index (Phi) is 9.45. The first-order valence-electron chi connectivity index (χ1n) is 9.73. The summed E-state index contributed by atoms with van der Waals surface area (Å²) in [6, 6.07) is 7.88. The highest BCUT2D eigenvalue weighted by Crippen LogP contribution is 2.24. The van der Waals surface area contributed by atoms with Gasteiger partial charge in [0, 0.05) is 23.7 Å². The molecule has 0 spiro atoms. The average molecular weight is 412 g/mol. The summed E-state index contributed by atoms with van der Waals surface area (Å²) in [6.07, 6.45) is 12.1. The number of unbranched alkanes of at least 4 members (excludes halogenated alkanes) is 1. The summed E-state index contributed by atoms with van der Waals surface area (Å²) in [4.78, 5) is 38.5.